The minimum atomic E-state index is 0.714. The van der Waals surface area contributed by atoms with Gasteiger partial charge < -0.3 is 9.88 Å². The second-order valence-corrected chi connectivity index (χ2v) is 5.04. The molecule has 0 bridgehead atoms. The maximum Gasteiger partial charge on any atom is 0.0991 e. The average Bonchev–Trinajstić information content (AvgIpc) is 2.95. The van der Waals surface area contributed by atoms with E-state index in [4.69, 9.17) is 5.26 Å². The molecule has 1 heterocycles. The molecule has 104 valence electrons. The van der Waals surface area contributed by atoms with Crippen LogP contribution in [0, 0.1) is 11.3 Å². The van der Waals surface area contributed by atoms with Gasteiger partial charge in [0.1, 0.15) is 0 Å². The maximum absolute atomic E-state index is 8.92. The molecule has 0 saturated carbocycles. The lowest BCUT2D eigenvalue weighted by Gasteiger charge is -2.08. The SMILES string of the molecule is N#Cc1ccc2c(ccn2CCCNc2ccccc2)c1. The maximum atomic E-state index is 8.92. The largest absolute Gasteiger partial charge is 0.385 e. The van der Waals surface area contributed by atoms with Crippen molar-refractivity contribution in [2.75, 3.05) is 11.9 Å². The lowest BCUT2D eigenvalue weighted by molar-refractivity contribution is 0.683. The Morgan fingerprint density at radius 1 is 1.05 bits per heavy atom. The highest BCUT2D eigenvalue weighted by molar-refractivity contribution is 5.81. The fourth-order valence-corrected chi connectivity index (χ4v) is 2.50. The minimum Gasteiger partial charge on any atom is -0.385 e. The Morgan fingerprint density at radius 3 is 2.71 bits per heavy atom. The summed E-state index contributed by atoms with van der Waals surface area (Å²) in [4.78, 5) is 0. The molecule has 0 aliphatic heterocycles. The van der Waals surface area contributed by atoms with E-state index in [0.29, 0.717) is 5.56 Å². The summed E-state index contributed by atoms with van der Waals surface area (Å²) in [6, 6.07) is 20.3. The van der Waals surface area contributed by atoms with Crippen LogP contribution in [0.5, 0.6) is 0 Å². The summed E-state index contributed by atoms with van der Waals surface area (Å²) in [5.41, 5.74) is 3.06. The number of hydrogen-bond donors (Lipinski definition) is 1. The van der Waals surface area contributed by atoms with Crippen LogP contribution in [0.25, 0.3) is 10.9 Å². The second-order valence-electron chi connectivity index (χ2n) is 5.04. The fraction of sp³-hybridized carbons (Fsp3) is 0.167. The van der Waals surface area contributed by atoms with Crippen molar-refractivity contribution in [3.8, 4) is 6.07 Å². The minimum absolute atomic E-state index is 0.714. The molecule has 0 radical (unpaired) electrons. The molecule has 0 aliphatic carbocycles. The lowest BCUT2D eigenvalue weighted by atomic mass is 10.2. The van der Waals surface area contributed by atoms with Crippen molar-refractivity contribution in [3.05, 3.63) is 66.4 Å². The first-order valence-electron chi connectivity index (χ1n) is 7.15. The van der Waals surface area contributed by atoms with Crippen LogP contribution in [0.1, 0.15) is 12.0 Å². The number of anilines is 1. The fourth-order valence-electron chi connectivity index (χ4n) is 2.50. The third-order valence-electron chi connectivity index (χ3n) is 3.58. The number of nitrogens with one attached hydrogen (secondary N) is 1. The van der Waals surface area contributed by atoms with E-state index in [0.717, 1.165) is 30.6 Å². The molecular formula is C18H17N3. The molecule has 3 nitrogen and oxygen atoms in total. The van der Waals surface area contributed by atoms with Crippen molar-refractivity contribution in [1.82, 2.24) is 4.57 Å². The number of rotatable bonds is 5. The van der Waals surface area contributed by atoms with Crippen LogP contribution in [0.15, 0.2) is 60.8 Å². The van der Waals surface area contributed by atoms with Gasteiger partial charge in [0.25, 0.3) is 0 Å². The molecule has 0 spiro atoms. The molecule has 0 aliphatic rings. The van der Waals surface area contributed by atoms with Gasteiger partial charge in [-0.15, -0.1) is 0 Å². The molecule has 0 saturated heterocycles. The number of aromatic nitrogens is 1. The van der Waals surface area contributed by atoms with Gasteiger partial charge in [-0.1, -0.05) is 18.2 Å². The molecule has 0 atom stereocenters. The molecule has 0 unspecified atom stereocenters. The Balaban J connectivity index is 1.60. The van der Waals surface area contributed by atoms with E-state index < -0.39 is 0 Å². The Labute approximate surface area is 124 Å². The summed E-state index contributed by atoms with van der Waals surface area (Å²) in [5, 5.41) is 13.5. The van der Waals surface area contributed by atoms with E-state index in [1.807, 2.05) is 36.4 Å². The van der Waals surface area contributed by atoms with Gasteiger partial charge in [0.2, 0.25) is 0 Å². The number of nitriles is 1. The molecule has 2 aromatic carbocycles. The van der Waals surface area contributed by atoms with Gasteiger partial charge in [0.05, 0.1) is 11.6 Å². The summed E-state index contributed by atoms with van der Waals surface area (Å²) in [6.45, 7) is 1.91. The van der Waals surface area contributed by atoms with E-state index in [9.17, 15) is 0 Å². The second kappa shape index (κ2) is 6.15. The van der Waals surface area contributed by atoms with Gasteiger partial charge in [0.15, 0.2) is 0 Å². The quantitative estimate of drug-likeness (QED) is 0.715. The summed E-state index contributed by atoms with van der Waals surface area (Å²) >= 11 is 0. The van der Waals surface area contributed by atoms with Gasteiger partial charge in [-0.05, 0) is 42.8 Å². The Kier molecular flexibility index (Phi) is 3.88. The van der Waals surface area contributed by atoms with E-state index in [2.05, 4.69) is 40.3 Å². The number of benzene rings is 2. The molecule has 1 N–H and O–H groups in total. The molecule has 0 fully saturated rings. The molecular weight excluding hydrogens is 258 g/mol. The van der Waals surface area contributed by atoms with Gasteiger partial charge in [-0.2, -0.15) is 5.26 Å². The van der Waals surface area contributed by atoms with Crippen LogP contribution in [0.2, 0.25) is 0 Å². The van der Waals surface area contributed by atoms with Crippen molar-refractivity contribution in [2.24, 2.45) is 0 Å². The van der Waals surface area contributed by atoms with Crippen LogP contribution in [-0.2, 0) is 6.54 Å². The highest BCUT2D eigenvalue weighted by Gasteiger charge is 2.02. The van der Waals surface area contributed by atoms with Crippen molar-refractivity contribution in [3.63, 3.8) is 0 Å². The van der Waals surface area contributed by atoms with E-state index in [1.54, 1.807) is 0 Å². The average molecular weight is 275 g/mol. The smallest absolute Gasteiger partial charge is 0.0991 e. The number of fused-ring (bicyclic) bond motifs is 1. The highest BCUT2D eigenvalue weighted by Crippen LogP contribution is 2.17. The first kappa shape index (κ1) is 13.3. The van der Waals surface area contributed by atoms with Crippen molar-refractivity contribution < 1.29 is 0 Å². The van der Waals surface area contributed by atoms with Crippen LogP contribution in [0.4, 0.5) is 5.69 Å². The van der Waals surface area contributed by atoms with Crippen molar-refractivity contribution in [2.45, 2.75) is 13.0 Å². The molecule has 21 heavy (non-hydrogen) atoms. The normalized spacial score (nSPS) is 10.4. The van der Waals surface area contributed by atoms with Crippen LogP contribution in [-0.4, -0.2) is 11.1 Å². The summed E-state index contributed by atoms with van der Waals surface area (Å²) < 4.78 is 2.24. The van der Waals surface area contributed by atoms with Crippen LogP contribution < -0.4 is 5.32 Å². The highest BCUT2D eigenvalue weighted by atomic mass is 15.0. The summed E-state index contributed by atoms with van der Waals surface area (Å²) in [7, 11) is 0. The zero-order chi connectivity index (χ0) is 14.5. The van der Waals surface area contributed by atoms with Gasteiger partial charge in [-0.3, -0.25) is 0 Å². The predicted octanol–water partition coefficient (Wildman–Crippen LogP) is 4.02. The third kappa shape index (κ3) is 3.06. The Hall–Kier alpha value is -2.73. The molecule has 3 rings (SSSR count). The number of para-hydroxylation sites is 1. The lowest BCUT2D eigenvalue weighted by Crippen LogP contribution is -2.05. The predicted molar refractivity (Wildman–Crippen MR) is 86.2 cm³/mol. The summed E-state index contributed by atoms with van der Waals surface area (Å²) in [6.07, 6.45) is 3.15. The number of nitrogens with zero attached hydrogens (tertiary/aromatic N) is 2. The standard InChI is InChI=1S/C18H17N3/c19-14-15-7-8-18-16(13-15)9-12-21(18)11-4-10-20-17-5-2-1-3-6-17/h1-3,5-9,12-13,20H,4,10-11H2. The monoisotopic (exact) mass is 275 g/mol. The topological polar surface area (TPSA) is 40.8 Å². The zero-order valence-corrected chi connectivity index (χ0v) is 11.8. The van der Waals surface area contributed by atoms with Crippen LogP contribution in [0.3, 0.4) is 0 Å². The third-order valence-corrected chi connectivity index (χ3v) is 3.58. The molecule has 1 aromatic heterocycles. The molecule has 3 heteroatoms. The molecule has 3 aromatic rings. The van der Waals surface area contributed by atoms with Gasteiger partial charge in [-0.25, -0.2) is 0 Å². The van der Waals surface area contributed by atoms with Crippen LogP contribution >= 0.6 is 0 Å². The first-order valence-corrected chi connectivity index (χ1v) is 7.15. The zero-order valence-electron chi connectivity index (χ0n) is 11.8. The van der Waals surface area contributed by atoms with Gasteiger partial charge in [0, 0.05) is 35.9 Å². The number of hydrogen-bond acceptors (Lipinski definition) is 2. The van der Waals surface area contributed by atoms with Gasteiger partial charge >= 0.3 is 0 Å². The summed E-state index contributed by atoms with van der Waals surface area (Å²) in [5.74, 6) is 0. The van der Waals surface area contributed by atoms with Crippen molar-refractivity contribution >= 4 is 16.6 Å². The van der Waals surface area contributed by atoms with E-state index in [1.165, 1.54) is 5.52 Å². The Morgan fingerprint density at radius 2 is 1.90 bits per heavy atom. The molecule has 0 amide bonds. The van der Waals surface area contributed by atoms with Crippen molar-refractivity contribution in [1.29, 1.82) is 5.26 Å². The van der Waals surface area contributed by atoms with E-state index in [-0.39, 0.29) is 0 Å². The van der Waals surface area contributed by atoms with E-state index >= 15 is 0 Å². The Bertz CT molecular complexity index is 766. The number of aryl methyl sites for hydroxylation is 1. The first-order chi connectivity index (χ1) is 10.4.